The monoisotopic (exact) mass is 270 g/mol. The van der Waals surface area contributed by atoms with E-state index in [0.717, 1.165) is 11.4 Å². The number of aliphatic hydroxyl groups excluding tert-OH is 1. The molecule has 0 spiro atoms. The molecule has 0 radical (unpaired) electrons. The number of aliphatic hydroxyl groups is 1. The third kappa shape index (κ3) is 2.81. The Bertz CT molecular complexity index is 511. The fourth-order valence-electron chi connectivity index (χ4n) is 2.12. The molecule has 0 saturated carbocycles. The molecule has 2 atom stereocenters. The van der Waals surface area contributed by atoms with E-state index in [1.807, 2.05) is 24.1 Å². The van der Waals surface area contributed by atoms with Crippen molar-refractivity contribution in [1.29, 1.82) is 0 Å². The molecule has 0 bridgehead atoms. The van der Waals surface area contributed by atoms with E-state index in [2.05, 4.69) is 4.98 Å². The molecule has 1 aliphatic heterocycles. The average Bonchev–Trinajstić information content (AvgIpc) is 2.69. The van der Waals surface area contributed by atoms with Crippen LogP contribution in [0.1, 0.15) is 25.0 Å². The summed E-state index contributed by atoms with van der Waals surface area (Å²) in [5.41, 5.74) is 0.756. The molecule has 0 aliphatic carbocycles. The van der Waals surface area contributed by atoms with Crippen LogP contribution in [0.15, 0.2) is 18.3 Å². The summed E-state index contributed by atoms with van der Waals surface area (Å²) in [5.74, 6) is 1.19. The molecule has 1 aromatic heterocycles. The molecule has 1 saturated heterocycles. The van der Waals surface area contributed by atoms with Gasteiger partial charge in [0.15, 0.2) is 9.84 Å². The minimum Gasteiger partial charge on any atom is -0.389 e. The number of nitrogens with zero attached hydrogens (tertiary/aromatic N) is 2. The topological polar surface area (TPSA) is 70.5 Å². The number of hydrogen-bond donors (Lipinski definition) is 1. The molecular weight excluding hydrogens is 252 g/mol. The average molecular weight is 270 g/mol. The molecule has 1 aromatic rings. The molecule has 1 fully saturated rings. The molecule has 1 aliphatic rings. The number of anilines is 1. The lowest BCUT2D eigenvalue weighted by Gasteiger charge is -2.24. The van der Waals surface area contributed by atoms with Crippen molar-refractivity contribution >= 4 is 15.7 Å². The predicted molar refractivity (Wildman–Crippen MR) is 70.3 cm³/mol. The van der Waals surface area contributed by atoms with E-state index < -0.39 is 15.9 Å². The smallest absolute Gasteiger partial charge is 0.152 e. The molecule has 6 heteroatoms. The summed E-state index contributed by atoms with van der Waals surface area (Å²) in [6.07, 6.45) is 1.74. The number of pyridine rings is 1. The number of aromatic nitrogens is 1. The Balaban J connectivity index is 2.12. The zero-order valence-corrected chi connectivity index (χ0v) is 11.4. The summed E-state index contributed by atoms with van der Waals surface area (Å²) in [6.45, 7) is 1.68. The summed E-state index contributed by atoms with van der Waals surface area (Å²) >= 11 is 0. The fraction of sp³-hybridized carbons (Fsp3) is 0.583. The van der Waals surface area contributed by atoms with Crippen molar-refractivity contribution in [3.8, 4) is 0 Å². The summed E-state index contributed by atoms with van der Waals surface area (Å²) < 4.78 is 22.9. The Morgan fingerprint density at radius 3 is 2.67 bits per heavy atom. The fourth-order valence-corrected chi connectivity index (χ4v) is 3.90. The number of sulfone groups is 1. The molecule has 1 N–H and O–H groups in total. The van der Waals surface area contributed by atoms with Crippen LogP contribution in [0.4, 0.5) is 5.82 Å². The first kappa shape index (κ1) is 13.3. The lowest BCUT2D eigenvalue weighted by Crippen LogP contribution is -2.33. The van der Waals surface area contributed by atoms with Crippen LogP contribution in [0.25, 0.3) is 0 Å². The Kier molecular flexibility index (Phi) is 3.59. The lowest BCUT2D eigenvalue weighted by atomic mass is 10.2. The van der Waals surface area contributed by atoms with Gasteiger partial charge in [0.2, 0.25) is 0 Å². The summed E-state index contributed by atoms with van der Waals surface area (Å²) in [4.78, 5) is 6.16. The summed E-state index contributed by atoms with van der Waals surface area (Å²) in [5, 5.41) is 9.40. The minimum absolute atomic E-state index is 0.0000926. The van der Waals surface area contributed by atoms with E-state index in [-0.39, 0.29) is 17.5 Å². The Hall–Kier alpha value is -1.14. The van der Waals surface area contributed by atoms with Gasteiger partial charge in [0.1, 0.15) is 5.82 Å². The van der Waals surface area contributed by atoms with Gasteiger partial charge in [-0.3, -0.25) is 0 Å². The third-order valence-corrected chi connectivity index (χ3v) is 5.12. The van der Waals surface area contributed by atoms with Gasteiger partial charge in [0.05, 0.1) is 17.6 Å². The van der Waals surface area contributed by atoms with Crippen LogP contribution in [0.5, 0.6) is 0 Å². The summed E-state index contributed by atoms with van der Waals surface area (Å²) in [7, 11) is -1.02. The number of hydrogen-bond acceptors (Lipinski definition) is 5. The molecule has 0 amide bonds. The van der Waals surface area contributed by atoms with Gasteiger partial charge in [-0.25, -0.2) is 13.4 Å². The van der Waals surface area contributed by atoms with Gasteiger partial charge in [-0.15, -0.1) is 0 Å². The maximum absolute atomic E-state index is 11.4. The second-order valence-electron chi connectivity index (χ2n) is 4.79. The predicted octanol–water partition coefficient (Wildman–Crippen LogP) is 0.758. The first-order chi connectivity index (χ1) is 8.39. The van der Waals surface area contributed by atoms with E-state index in [1.165, 1.54) is 0 Å². The molecule has 100 valence electrons. The van der Waals surface area contributed by atoms with Crippen LogP contribution in [0, 0.1) is 0 Å². The third-order valence-electron chi connectivity index (χ3n) is 3.37. The largest absolute Gasteiger partial charge is 0.389 e. The highest BCUT2D eigenvalue weighted by molar-refractivity contribution is 7.91. The van der Waals surface area contributed by atoms with Crippen LogP contribution in [-0.2, 0) is 9.84 Å². The lowest BCUT2D eigenvalue weighted by molar-refractivity contribution is 0.199. The second kappa shape index (κ2) is 4.85. The van der Waals surface area contributed by atoms with E-state index in [1.54, 1.807) is 13.1 Å². The van der Waals surface area contributed by atoms with Crippen LogP contribution >= 0.6 is 0 Å². The normalized spacial score (nSPS) is 23.8. The van der Waals surface area contributed by atoms with Gasteiger partial charge < -0.3 is 10.0 Å². The Labute approximate surface area is 107 Å². The Morgan fingerprint density at radius 1 is 1.50 bits per heavy atom. The highest BCUT2D eigenvalue weighted by Gasteiger charge is 2.31. The quantitative estimate of drug-likeness (QED) is 0.878. The van der Waals surface area contributed by atoms with Crippen LogP contribution in [0.2, 0.25) is 0 Å². The van der Waals surface area contributed by atoms with Crippen molar-refractivity contribution < 1.29 is 13.5 Å². The van der Waals surface area contributed by atoms with Crippen LogP contribution in [0.3, 0.4) is 0 Å². The maximum atomic E-state index is 11.4. The maximum Gasteiger partial charge on any atom is 0.152 e. The van der Waals surface area contributed by atoms with Gasteiger partial charge in [0.25, 0.3) is 0 Å². The second-order valence-corrected chi connectivity index (χ2v) is 7.02. The van der Waals surface area contributed by atoms with Crippen molar-refractivity contribution in [2.45, 2.75) is 25.5 Å². The molecule has 18 heavy (non-hydrogen) atoms. The minimum atomic E-state index is -2.88. The zero-order chi connectivity index (χ0) is 13.3. The Morgan fingerprint density at radius 2 is 2.22 bits per heavy atom. The number of rotatable bonds is 3. The van der Waals surface area contributed by atoms with Gasteiger partial charge in [-0.1, -0.05) is 6.07 Å². The van der Waals surface area contributed by atoms with E-state index >= 15 is 0 Å². The van der Waals surface area contributed by atoms with Gasteiger partial charge >= 0.3 is 0 Å². The molecular formula is C12H18N2O3S. The van der Waals surface area contributed by atoms with Crippen molar-refractivity contribution in [2.24, 2.45) is 0 Å². The van der Waals surface area contributed by atoms with E-state index in [9.17, 15) is 13.5 Å². The van der Waals surface area contributed by atoms with Crippen molar-refractivity contribution in [2.75, 3.05) is 23.5 Å². The van der Waals surface area contributed by atoms with Gasteiger partial charge in [-0.05, 0) is 25.0 Å². The van der Waals surface area contributed by atoms with Crippen molar-refractivity contribution in [3.63, 3.8) is 0 Å². The summed E-state index contributed by atoms with van der Waals surface area (Å²) in [6, 6.07) is 3.62. The zero-order valence-electron chi connectivity index (χ0n) is 10.6. The molecule has 1 unspecified atom stereocenters. The first-order valence-electron chi connectivity index (χ1n) is 5.96. The highest BCUT2D eigenvalue weighted by atomic mass is 32.2. The van der Waals surface area contributed by atoms with Crippen LogP contribution in [-0.4, -0.2) is 43.1 Å². The molecule has 2 heterocycles. The standard InChI is InChI=1S/C12H18N2O3S/c1-9(15)10-3-4-12(13-7-10)14(2)11-5-6-18(16,17)8-11/h3-4,7,9,11,15H,5-6,8H2,1-2H3/t9-,11?/m1/s1. The van der Waals surface area contributed by atoms with Crippen LogP contribution < -0.4 is 4.90 Å². The first-order valence-corrected chi connectivity index (χ1v) is 7.78. The molecule has 5 nitrogen and oxygen atoms in total. The molecule has 2 rings (SSSR count). The molecule has 0 aromatic carbocycles. The van der Waals surface area contributed by atoms with Gasteiger partial charge in [-0.2, -0.15) is 0 Å². The van der Waals surface area contributed by atoms with E-state index in [0.29, 0.717) is 6.42 Å². The highest BCUT2D eigenvalue weighted by Crippen LogP contribution is 2.22. The van der Waals surface area contributed by atoms with Gasteiger partial charge in [0, 0.05) is 19.3 Å². The van der Waals surface area contributed by atoms with Crippen molar-refractivity contribution in [3.05, 3.63) is 23.9 Å². The van der Waals surface area contributed by atoms with E-state index in [4.69, 9.17) is 0 Å². The SMILES string of the molecule is C[C@@H](O)c1ccc(N(C)C2CCS(=O)(=O)C2)nc1. The van der Waals surface area contributed by atoms with Crippen molar-refractivity contribution in [1.82, 2.24) is 4.98 Å².